The number of hydrogen-bond donors (Lipinski definition) is 1. The molecule has 2 nitrogen and oxygen atoms in total. The van der Waals surface area contributed by atoms with E-state index in [1.807, 2.05) is 12.1 Å². The molecule has 0 atom stereocenters. The molecule has 1 aromatic rings. The molecule has 0 unspecified atom stereocenters. The molecule has 1 rings (SSSR count). The Kier molecular flexibility index (Phi) is 4.92. The van der Waals surface area contributed by atoms with Crippen LogP contribution in [-0.2, 0) is 0 Å². The van der Waals surface area contributed by atoms with Gasteiger partial charge < -0.3 is 10.6 Å². The molecular weight excluding hydrogens is 208 g/mol. The van der Waals surface area contributed by atoms with E-state index >= 15 is 0 Å². The second-order valence-corrected chi connectivity index (χ2v) is 4.09. The molecule has 0 spiro atoms. The van der Waals surface area contributed by atoms with Crippen molar-refractivity contribution in [3.05, 3.63) is 28.8 Å². The maximum absolute atomic E-state index is 5.93. The van der Waals surface area contributed by atoms with Crippen LogP contribution in [0.2, 0.25) is 5.02 Å². The van der Waals surface area contributed by atoms with Crippen molar-refractivity contribution in [1.82, 2.24) is 0 Å². The Hall–Kier alpha value is -0.730. The normalized spacial score (nSPS) is 10.4. The highest BCUT2D eigenvalue weighted by Gasteiger charge is 2.06. The highest BCUT2D eigenvalue weighted by atomic mass is 35.5. The van der Waals surface area contributed by atoms with Gasteiger partial charge in [-0.05, 0) is 50.6 Å². The summed E-state index contributed by atoms with van der Waals surface area (Å²) in [7, 11) is 0. The molecule has 84 valence electrons. The summed E-state index contributed by atoms with van der Waals surface area (Å²) in [6, 6.07) is 6.02. The van der Waals surface area contributed by atoms with Gasteiger partial charge in [0.15, 0.2) is 0 Å². The quantitative estimate of drug-likeness (QED) is 0.837. The van der Waals surface area contributed by atoms with Crippen LogP contribution in [-0.4, -0.2) is 19.6 Å². The zero-order valence-electron chi connectivity index (χ0n) is 9.46. The first kappa shape index (κ1) is 12.3. The molecule has 15 heavy (non-hydrogen) atoms. The summed E-state index contributed by atoms with van der Waals surface area (Å²) in [6.45, 7) is 7.00. The molecular formula is C12H19ClN2. The summed E-state index contributed by atoms with van der Waals surface area (Å²) in [4.78, 5) is 2.33. The zero-order chi connectivity index (χ0) is 11.3. The predicted octanol–water partition coefficient (Wildman–Crippen LogP) is 2.82. The monoisotopic (exact) mass is 226 g/mol. The largest absolute Gasteiger partial charge is 0.372 e. The highest BCUT2D eigenvalue weighted by molar-refractivity contribution is 6.30. The van der Waals surface area contributed by atoms with Gasteiger partial charge in [-0.1, -0.05) is 11.6 Å². The van der Waals surface area contributed by atoms with E-state index in [9.17, 15) is 0 Å². The van der Waals surface area contributed by atoms with Crippen molar-refractivity contribution in [1.29, 1.82) is 0 Å². The van der Waals surface area contributed by atoms with Crippen molar-refractivity contribution in [2.75, 3.05) is 24.5 Å². The number of benzene rings is 1. The Morgan fingerprint density at radius 3 is 2.67 bits per heavy atom. The summed E-state index contributed by atoms with van der Waals surface area (Å²) in [5.74, 6) is 0. The Balaban J connectivity index is 2.81. The summed E-state index contributed by atoms with van der Waals surface area (Å²) in [5, 5.41) is 0.797. The Labute approximate surface area is 97.0 Å². The second-order valence-electron chi connectivity index (χ2n) is 3.65. The van der Waals surface area contributed by atoms with Gasteiger partial charge in [-0.2, -0.15) is 0 Å². The first-order chi connectivity index (χ1) is 7.19. The van der Waals surface area contributed by atoms with Crippen LogP contribution in [0, 0.1) is 6.92 Å². The van der Waals surface area contributed by atoms with Crippen molar-refractivity contribution < 1.29 is 0 Å². The number of anilines is 1. The maximum atomic E-state index is 5.93. The van der Waals surface area contributed by atoms with Gasteiger partial charge in [0, 0.05) is 23.8 Å². The van der Waals surface area contributed by atoms with Crippen LogP contribution in [0.4, 0.5) is 5.69 Å². The Morgan fingerprint density at radius 1 is 1.40 bits per heavy atom. The average molecular weight is 227 g/mol. The number of nitrogens with two attached hydrogens (primary N) is 1. The molecule has 1 aromatic carbocycles. The topological polar surface area (TPSA) is 29.3 Å². The Morgan fingerprint density at radius 2 is 2.13 bits per heavy atom. The number of halogens is 1. The summed E-state index contributed by atoms with van der Waals surface area (Å²) >= 11 is 5.93. The smallest absolute Gasteiger partial charge is 0.0410 e. The minimum Gasteiger partial charge on any atom is -0.372 e. The van der Waals surface area contributed by atoms with Crippen molar-refractivity contribution in [3.63, 3.8) is 0 Å². The van der Waals surface area contributed by atoms with Gasteiger partial charge in [-0.25, -0.2) is 0 Å². The predicted molar refractivity (Wildman–Crippen MR) is 67.7 cm³/mol. The lowest BCUT2D eigenvalue weighted by atomic mass is 10.1. The number of nitrogens with zero attached hydrogens (tertiary/aromatic N) is 1. The third-order valence-electron chi connectivity index (χ3n) is 2.51. The fraction of sp³-hybridized carbons (Fsp3) is 0.500. The minimum absolute atomic E-state index is 0.739. The molecule has 0 saturated heterocycles. The zero-order valence-corrected chi connectivity index (χ0v) is 10.2. The molecule has 0 radical (unpaired) electrons. The fourth-order valence-corrected chi connectivity index (χ4v) is 1.93. The van der Waals surface area contributed by atoms with Gasteiger partial charge in [-0.3, -0.25) is 0 Å². The number of hydrogen-bond acceptors (Lipinski definition) is 2. The van der Waals surface area contributed by atoms with Crippen molar-refractivity contribution >= 4 is 17.3 Å². The summed E-state index contributed by atoms with van der Waals surface area (Å²) in [6.07, 6.45) is 1.02. The molecule has 0 fully saturated rings. The standard InChI is InChI=1S/C12H19ClN2/c1-3-15(8-4-7-14)12-6-5-11(13)9-10(12)2/h5-6,9H,3-4,7-8,14H2,1-2H3. The SMILES string of the molecule is CCN(CCCN)c1ccc(Cl)cc1C. The third kappa shape index (κ3) is 3.40. The van der Waals surface area contributed by atoms with Gasteiger partial charge in [0.2, 0.25) is 0 Å². The molecule has 0 aromatic heterocycles. The van der Waals surface area contributed by atoms with Crippen LogP contribution in [0.5, 0.6) is 0 Å². The molecule has 0 saturated carbocycles. The van der Waals surface area contributed by atoms with E-state index in [1.54, 1.807) is 0 Å². The van der Waals surface area contributed by atoms with Crippen LogP contribution in [0.15, 0.2) is 18.2 Å². The summed E-state index contributed by atoms with van der Waals surface area (Å²) in [5.41, 5.74) is 8.01. The lowest BCUT2D eigenvalue weighted by molar-refractivity contribution is 0.752. The number of rotatable bonds is 5. The highest BCUT2D eigenvalue weighted by Crippen LogP contribution is 2.23. The molecule has 2 N–H and O–H groups in total. The van der Waals surface area contributed by atoms with Gasteiger partial charge in [0.1, 0.15) is 0 Å². The fourth-order valence-electron chi connectivity index (χ4n) is 1.70. The van der Waals surface area contributed by atoms with E-state index in [-0.39, 0.29) is 0 Å². The minimum atomic E-state index is 0.739. The lowest BCUT2D eigenvalue weighted by Crippen LogP contribution is -2.26. The first-order valence-electron chi connectivity index (χ1n) is 5.40. The number of aryl methyl sites for hydroxylation is 1. The van der Waals surface area contributed by atoms with Crippen molar-refractivity contribution in [2.45, 2.75) is 20.3 Å². The van der Waals surface area contributed by atoms with Gasteiger partial charge in [0.05, 0.1) is 0 Å². The van der Waals surface area contributed by atoms with Crippen LogP contribution in [0.3, 0.4) is 0 Å². The maximum Gasteiger partial charge on any atom is 0.0410 e. The lowest BCUT2D eigenvalue weighted by Gasteiger charge is -2.24. The first-order valence-corrected chi connectivity index (χ1v) is 5.78. The van der Waals surface area contributed by atoms with Crippen LogP contribution in [0.25, 0.3) is 0 Å². The third-order valence-corrected chi connectivity index (χ3v) is 2.75. The average Bonchev–Trinajstić information content (AvgIpc) is 2.21. The van der Waals surface area contributed by atoms with Crippen LogP contribution in [0.1, 0.15) is 18.9 Å². The van der Waals surface area contributed by atoms with E-state index in [4.69, 9.17) is 17.3 Å². The van der Waals surface area contributed by atoms with Crippen LogP contribution < -0.4 is 10.6 Å². The van der Waals surface area contributed by atoms with E-state index in [1.165, 1.54) is 11.3 Å². The molecule has 0 heterocycles. The van der Waals surface area contributed by atoms with E-state index in [0.29, 0.717) is 0 Å². The molecule has 0 bridgehead atoms. The molecule has 0 aliphatic carbocycles. The van der Waals surface area contributed by atoms with E-state index in [0.717, 1.165) is 31.1 Å². The second kappa shape index (κ2) is 5.99. The molecule has 0 aliphatic heterocycles. The van der Waals surface area contributed by atoms with Gasteiger partial charge in [-0.15, -0.1) is 0 Å². The van der Waals surface area contributed by atoms with E-state index < -0.39 is 0 Å². The van der Waals surface area contributed by atoms with Gasteiger partial charge in [0.25, 0.3) is 0 Å². The molecule has 3 heteroatoms. The van der Waals surface area contributed by atoms with Crippen LogP contribution >= 0.6 is 11.6 Å². The summed E-state index contributed by atoms with van der Waals surface area (Å²) < 4.78 is 0. The Bertz CT molecular complexity index is 312. The van der Waals surface area contributed by atoms with Gasteiger partial charge >= 0.3 is 0 Å². The molecule has 0 aliphatic rings. The van der Waals surface area contributed by atoms with Crippen molar-refractivity contribution in [3.8, 4) is 0 Å². The molecule has 0 amide bonds. The van der Waals surface area contributed by atoms with E-state index in [2.05, 4.69) is 24.8 Å². The van der Waals surface area contributed by atoms with Crippen molar-refractivity contribution in [2.24, 2.45) is 5.73 Å².